The number of carbonyl (C=O) groups excluding carboxylic acids is 1. The van der Waals surface area contributed by atoms with Crippen LogP contribution >= 0.6 is 0 Å². The molecule has 142 valence electrons. The monoisotopic (exact) mass is 373 g/mol. The van der Waals surface area contributed by atoms with Gasteiger partial charge in [0.15, 0.2) is 0 Å². The summed E-state index contributed by atoms with van der Waals surface area (Å²) in [5.41, 5.74) is 1.47. The number of halogens is 3. The number of nitrogens with one attached hydrogen (secondary N) is 1. The van der Waals surface area contributed by atoms with E-state index in [2.05, 4.69) is 17.4 Å². The smallest absolute Gasteiger partial charge is 0.355 e. The number of alkyl halides is 3. The van der Waals surface area contributed by atoms with Crippen LogP contribution in [0.15, 0.2) is 54.6 Å². The van der Waals surface area contributed by atoms with Crippen LogP contribution in [-0.2, 0) is 16.4 Å². The summed E-state index contributed by atoms with van der Waals surface area (Å²) in [7, 11) is 0. The molecule has 5 heteroatoms. The lowest BCUT2D eigenvalue weighted by atomic mass is 9.64. The molecule has 0 heterocycles. The van der Waals surface area contributed by atoms with Crippen LogP contribution in [0.1, 0.15) is 48.3 Å². The van der Waals surface area contributed by atoms with Gasteiger partial charge in [0.1, 0.15) is 0 Å². The van der Waals surface area contributed by atoms with Gasteiger partial charge in [-0.25, -0.2) is 0 Å². The first kappa shape index (κ1) is 18.1. The molecule has 0 aromatic heterocycles. The van der Waals surface area contributed by atoms with E-state index >= 15 is 0 Å². The van der Waals surface area contributed by atoms with Gasteiger partial charge in [-0.1, -0.05) is 48.9 Å². The lowest BCUT2D eigenvalue weighted by molar-refractivity contribution is -0.137. The molecule has 0 spiro atoms. The first-order chi connectivity index (χ1) is 12.9. The predicted octanol–water partition coefficient (Wildman–Crippen LogP) is 5.05. The molecule has 2 saturated carbocycles. The Morgan fingerprint density at radius 2 is 1.70 bits per heavy atom. The zero-order chi connectivity index (χ0) is 19.1. The Kier molecular flexibility index (Phi) is 4.49. The van der Waals surface area contributed by atoms with Crippen LogP contribution in [0.2, 0.25) is 0 Å². The van der Waals surface area contributed by atoms with Crippen LogP contribution in [-0.4, -0.2) is 12.5 Å². The first-order valence-corrected chi connectivity index (χ1v) is 9.39. The summed E-state index contributed by atoms with van der Waals surface area (Å²) in [6, 6.07) is 15.5. The van der Waals surface area contributed by atoms with E-state index in [1.165, 1.54) is 24.1 Å². The minimum Gasteiger partial charge on any atom is -0.355 e. The zero-order valence-corrected chi connectivity index (χ0v) is 14.9. The van der Waals surface area contributed by atoms with Crippen molar-refractivity contribution in [3.63, 3.8) is 0 Å². The van der Waals surface area contributed by atoms with Crippen molar-refractivity contribution >= 4 is 5.91 Å². The van der Waals surface area contributed by atoms with Crippen molar-refractivity contribution in [2.45, 2.75) is 43.2 Å². The molecule has 2 aromatic carbocycles. The normalized spacial score (nSPS) is 23.4. The summed E-state index contributed by atoms with van der Waals surface area (Å²) in [6.45, 7) is 0.631. The molecule has 2 unspecified atom stereocenters. The summed E-state index contributed by atoms with van der Waals surface area (Å²) in [5.74, 6) is -0.0851. The van der Waals surface area contributed by atoms with Crippen LogP contribution in [0.3, 0.4) is 0 Å². The molecular formula is C22H22F3NO. The van der Waals surface area contributed by atoms with E-state index in [4.69, 9.17) is 0 Å². The third kappa shape index (κ3) is 3.60. The van der Waals surface area contributed by atoms with Crippen molar-refractivity contribution in [3.8, 4) is 0 Å². The molecule has 4 rings (SSSR count). The highest BCUT2D eigenvalue weighted by atomic mass is 19.4. The van der Waals surface area contributed by atoms with Gasteiger partial charge in [-0.05, 0) is 48.4 Å². The van der Waals surface area contributed by atoms with E-state index in [0.717, 1.165) is 30.5 Å². The van der Waals surface area contributed by atoms with Gasteiger partial charge in [0.05, 0.1) is 5.56 Å². The number of rotatable bonds is 5. The second-order valence-corrected chi connectivity index (χ2v) is 7.79. The largest absolute Gasteiger partial charge is 0.416 e. The van der Waals surface area contributed by atoms with Gasteiger partial charge in [0, 0.05) is 17.9 Å². The van der Waals surface area contributed by atoms with E-state index in [1.807, 2.05) is 18.2 Å². The van der Waals surface area contributed by atoms with Gasteiger partial charge in [-0.15, -0.1) is 0 Å². The van der Waals surface area contributed by atoms with Gasteiger partial charge in [0.25, 0.3) is 0 Å². The third-order valence-electron chi connectivity index (χ3n) is 6.09. The number of carbonyl (C=O) groups is 1. The van der Waals surface area contributed by atoms with Crippen molar-refractivity contribution in [3.05, 3.63) is 71.3 Å². The van der Waals surface area contributed by atoms with E-state index in [0.29, 0.717) is 13.0 Å². The van der Waals surface area contributed by atoms with Gasteiger partial charge in [-0.3, -0.25) is 4.79 Å². The molecule has 0 saturated heterocycles. The fourth-order valence-electron chi connectivity index (χ4n) is 4.12. The van der Waals surface area contributed by atoms with Gasteiger partial charge < -0.3 is 5.32 Å². The van der Waals surface area contributed by atoms with Gasteiger partial charge in [0.2, 0.25) is 5.91 Å². The van der Waals surface area contributed by atoms with E-state index in [9.17, 15) is 18.0 Å². The van der Waals surface area contributed by atoms with Crippen molar-refractivity contribution in [1.82, 2.24) is 5.32 Å². The molecule has 2 nitrogen and oxygen atoms in total. The maximum absolute atomic E-state index is 12.7. The first-order valence-electron chi connectivity index (χ1n) is 9.39. The Morgan fingerprint density at radius 3 is 2.26 bits per heavy atom. The lowest BCUT2D eigenvalue weighted by Crippen LogP contribution is -2.46. The molecule has 0 radical (unpaired) electrons. The van der Waals surface area contributed by atoms with Crippen LogP contribution in [0.5, 0.6) is 0 Å². The maximum Gasteiger partial charge on any atom is 0.416 e. The van der Waals surface area contributed by atoms with E-state index in [1.54, 1.807) is 0 Å². The average molecular weight is 373 g/mol. The highest BCUT2D eigenvalue weighted by molar-refractivity contribution is 5.83. The SMILES string of the molecule is O=C(NCC1(c2ccccc2)CCC1)C1CC1c1ccc(C(F)(F)F)cc1. The lowest BCUT2D eigenvalue weighted by Gasteiger charge is -2.42. The van der Waals surface area contributed by atoms with Crippen LogP contribution < -0.4 is 5.32 Å². The topological polar surface area (TPSA) is 29.1 Å². The molecule has 1 N–H and O–H groups in total. The molecule has 2 fully saturated rings. The Hall–Kier alpha value is -2.30. The Labute approximate surface area is 156 Å². The Morgan fingerprint density at radius 1 is 1.04 bits per heavy atom. The summed E-state index contributed by atoms with van der Waals surface area (Å²) in [6.07, 6.45) is -0.306. The quantitative estimate of drug-likeness (QED) is 0.781. The van der Waals surface area contributed by atoms with Gasteiger partial charge >= 0.3 is 6.18 Å². The summed E-state index contributed by atoms with van der Waals surface area (Å²) in [4.78, 5) is 12.5. The van der Waals surface area contributed by atoms with Crippen molar-refractivity contribution < 1.29 is 18.0 Å². The third-order valence-corrected chi connectivity index (χ3v) is 6.09. The molecule has 2 aliphatic carbocycles. The zero-order valence-electron chi connectivity index (χ0n) is 14.9. The number of hydrogen-bond donors (Lipinski definition) is 1. The fourth-order valence-corrected chi connectivity index (χ4v) is 4.12. The van der Waals surface area contributed by atoms with Crippen LogP contribution in [0.4, 0.5) is 13.2 Å². The molecule has 27 heavy (non-hydrogen) atoms. The number of amides is 1. The highest BCUT2D eigenvalue weighted by Crippen LogP contribution is 2.48. The van der Waals surface area contributed by atoms with Crippen molar-refractivity contribution in [1.29, 1.82) is 0 Å². The fraction of sp³-hybridized carbons (Fsp3) is 0.409. The van der Waals surface area contributed by atoms with E-state index < -0.39 is 11.7 Å². The molecule has 2 aliphatic rings. The minimum atomic E-state index is -4.33. The number of benzene rings is 2. The Balaban J connectivity index is 1.35. The summed E-state index contributed by atoms with van der Waals surface area (Å²) < 4.78 is 38.0. The highest BCUT2D eigenvalue weighted by Gasteiger charge is 2.45. The molecular weight excluding hydrogens is 351 g/mol. The standard InChI is InChI=1S/C22H22F3NO/c23-22(24,25)17-9-7-15(8-10-17)18-13-19(18)20(27)26-14-21(11-4-12-21)16-5-2-1-3-6-16/h1-3,5-10,18-19H,4,11-14H2,(H,26,27). The minimum absolute atomic E-state index is 0.0158. The maximum atomic E-state index is 12.7. The molecule has 1 amide bonds. The molecule has 2 aromatic rings. The second-order valence-electron chi connectivity index (χ2n) is 7.79. The van der Waals surface area contributed by atoms with Crippen LogP contribution in [0.25, 0.3) is 0 Å². The molecule has 0 aliphatic heterocycles. The van der Waals surface area contributed by atoms with Crippen LogP contribution in [0, 0.1) is 5.92 Å². The predicted molar refractivity (Wildman–Crippen MR) is 97.3 cm³/mol. The van der Waals surface area contributed by atoms with E-state index in [-0.39, 0.29) is 23.2 Å². The average Bonchev–Trinajstić information content (AvgIpc) is 3.42. The summed E-state index contributed by atoms with van der Waals surface area (Å²) >= 11 is 0. The van der Waals surface area contributed by atoms with Gasteiger partial charge in [-0.2, -0.15) is 13.2 Å². The number of hydrogen-bond acceptors (Lipinski definition) is 1. The van der Waals surface area contributed by atoms with Crippen molar-refractivity contribution in [2.24, 2.45) is 5.92 Å². The molecule has 0 bridgehead atoms. The van der Waals surface area contributed by atoms with Crippen molar-refractivity contribution in [2.75, 3.05) is 6.54 Å². The second kappa shape index (κ2) is 6.70. The Bertz CT molecular complexity index is 810. The molecule has 2 atom stereocenters. The summed E-state index contributed by atoms with van der Waals surface area (Å²) in [5, 5.41) is 3.10.